The SMILES string of the molecule is Cc1cccc(CSCc2noc3c2CCCC3)c1. The van der Waals surface area contributed by atoms with Gasteiger partial charge in [-0.2, -0.15) is 11.8 Å². The Kier molecular flexibility index (Phi) is 3.92. The van der Waals surface area contributed by atoms with Crippen molar-refractivity contribution < 1.29 is 4.52 Å². The van der Waals surface area contributed by atoms with Crippen LogP contribution in [0.3, 0.4) is 0 Å². The fourth-order valence-corrected chi connectivity index (χ4v) is 3.57. The van der Waals surface area contributed by atoms with Crippen LogP contribution in [-0.4, -0.2) is 5.16 Å². The predicted octanol–water partition coefficient (Wildman–Crippen LogP) is 4.30. The molecule has 0 saturated heterocycles. The largest absolute Gasteiger partial charge is 0.361 e. The van der Waals surface area contributed by atoms with E-state index >= 15 is 0 Å². The maximum atomic E-state index is 5.45. The van der Waals surface area contributed by atoms with Crippen LogP contribution in [-0.2, 0) is 24.3 Å². The first-order valence-corrected chi connectivity index (χ1v) is 8.08. The van der Waals surface area contributed by atoms with Crippen molar-refractivity contribution in [1.82, 2.24) is 5.16 Å². The molecule has 1 aromatic heterocycles. The average Bonchev–Trinajstić information content (AvgIpc) is 2.83. The van der Waals surface area contributed by atoms with Crippen LogP contribution < -0.4 is 0 Å². The third-order valence-electron chi connectivity index (χ3n) is 3.62. The van der Waals surface area contributed by atoms with Crippen molar-refractivity contribution in [3.8, 4) is 0 Å². The number of aromatic nitrogens is 1. The van der Waals surface area contributed by atoms with Gasteiger partial charge in [0.15, 0.2) is 0 Å². The standard InChI is InChI=1S/C16H19NOS/c1-12-5-4-6-13(9-12)10-19-11-15-14-7-2-3-8-16(14)18-17-15/h4-6,9H,2-3,7-8,10-11H2,1H3. The number of benzene rings is 1. The van der Waals surface area contributed by atoms with Crippen LogP contribution in [0.2, 0.25) is 0 Å². The molecule has 1 aliphatic rings. The van der Waals surface area contributed by atoms with Gasteiger partial charge in [-0.1, -0.05) is 35.0 Å². The van der Waals surface area contributed by atoms with Gasteiger partial charge in [-0.05, 0) is 31.7 Å². The minimum absolute atomic E-state index is 0.965. The summed E-state index contributed by atoms with van der Waals surface area (Å²) in [6.45, 7) is 2.14. The van der Waals surface area contributed by atoms with E-state index in [1.165, 1.54) is 35.2 Å². The number of aryl methyl sites for hydroxylation is 2. The number of thioether (sulfide) groups is 1. The second kappa shape index (κ2) is 5.83. The van der Waals surface area contributed by atoms with E-state index in [0.29, 0.717) is 0 Å². The first kappa shape index (κ1) is 12.8. The van der Waals surface area contributed by atoms with Gasteiger partial charge in [-0.3, -0.25) is 0 Å². The first-order chi connectivity index (χ1) is 9.33. The molecule has 0 N–H and O–H groups in total. The van der Waals surface area contributed by atoms with E-state index < -0.39 is 0 Å². The van der Waals surface area contributed by atoms with E-state index in [0.717, 1.165) is 30.1 Å². The minimum Gasteiger partial charge on any atom is -0.361 e. The Morgan fingerprint density at radius 3 is 3.00 bits per heavy atom. The van der Waals surface area contributed by atoms with Gasteiger partial charge in [0.1, 0.15) is 5.76 Å². The van der Waals surface area contributed by atoms with Crippen LogP contribution in [0.5, 0.6) is 0 Å². The van der Waals surface area contributed by atoms with Crippen LogP contribution in [0.25, 0.3) is 0 Å². The number of nitrogens with zero attached hydrogens (tertiary/aromatic N) is 1. The number of rotatable bonds is 4. The van der Waals surface area contributed by atoms with Crippen LogP contribution in [0, 0.1) is 6.92 Å². The molecule has 2 aromatic rings. The van der Waals surface area contributed by atoms with E-state index in [1.54, 1.807) is 0 Å². The minimum atomic E-state index is 0.965. The van der Waals surface area contributed by atoms with Gasteiger partial charge in [0.05, 0.1) is 5.69 Å². The summed E-state index contributed by atoms with van der Waals surface area (Å²) < 4.78 is 5.45. The van der Waals surface area contributed by atoms with Crippen molar-refractivity contribution in [2.24, 2.45) is 0 Å². The summed E-state index contributed by atoms with van der Waals surface area (Å²) in [7, 11) is 0. The van der Waals surface area contributed by atoms with Gasteiger partial charge in [-0.15, -0.1) is 0 Å². The summed E-state index contributed by atoms with van der Waals surface area (Å²) in [5.74, 6) is 3.15. The molecule has 100 valence electrons. The maximum Gasteiger partial charge on any atom is 0.140 e. The molecule has 0 amide bonds. The van der Waals surface area contributed by atoms with Gasteiger partial charge in [0, 0.05) is 23.5 Å². The fraction of sp³-hybridized carbons (Fsp3) is 0.438. The topological polar surface area (TPSA) is 26.0 Å². The lowest BCUT2D eigenvalue weighted by Gasteiger charge is -2.09. The zero-order valence-electron chi connectivity index (χ0n) is 11.3. The van der Waals surface area contributed by atoms with Crippen LogP contribution >= 0.6 is 11.8 Å². The van der Waals surface area contributed by atoms with Gasteiger partial charge in [-0.25, -0.2) is 0 Å². The smallest absolute Gasteiger partial charge is 0.140 e. The summed E-state index contributed by atoms with van der Waals surface area (Å²) in [4.78, 5) is 0. The molecule has 1 heterocycles. The second-order valence-corrected chi connectivity index (χ2v) is 6.21. The van der Waals surface area contributed by atoms with Crippen LogP contribution in [0.15, 0.2) is 28.8 Å². The Bertz CT molecular complexity index is 562. The molecule has 1 aliphatic carbocycles. The monoisotopic (exact) mass is 273 g/mol. The number of hydrogen-bond donors (Lipinski definition) is 0. The summed E-state index contributed by atoms with van der Waals surface area (Å²) in [6, 6.07) is 8.72. The van der Waals surface area contributed by atoms with E-state index in [-0.39, 0.29) is 0 Å². The Balaban J connectivity index is 1.59. The summed E-state index contributed by atoms with van der Waals surface area (Å²) >= 11 is 1.92. The third kappa shape index (κ3) is 3.03. The van der Waals surface area contributed by atoms with Crippen molar-refractivity contribution in [2.45, 2.75) is 44.1 Å². The molecule has 1 aromatic carbocycles. The van der Waals surface area contributed by atoms with Crippen LogP contribution in [0.4, 0.5) is 0 Å². The van der Waals surface area contributed by atoms with Crippen LogP contribution in [0.1, 0.15) is 41.0 Å². The first-order valence-electron chi connectivity index (χ1n) is 6.92. The molecule has 0 spiro atoms. The Morgan fingerprint density at radius 1 is 1.21 bits per heavy atom. The summed E-state index contributed by atoms with van der Waals surface area (Å²) in [5, 5.41) is 4.25. The number of hydrogen-bond acceptors (Lipinski definition) is 3. The Labute approximate surface area is 118 Å². The second-order valence-electron chi connectivity index (χ2n) is 5.22. The van der Waals surface area contributed by atoms with Gasteiger partial charge in [0.2, 0.25) is 0 Å². The van der Waals surface area contributed by atoms with Crippen molar-refractivity contribution in [1.29, 1.82) is 0 Å². The zero-order chi connectivity index (χ0) is 13.1. The third-order valence-corrected chi connectivity index (χ3v) is 4.64. The zero-order valence-corrected chi connectivity index (χ0v) is 12.1. The molecule has 0 bridgehead atoms. The maximum absolute atomic E-state index is 5.45. The molecular weight excluding hydrogens is 254 g/mol. The van der Waals surface area contributed by atoms with Crippen molar-refractivity contribution in [3.63, 3.8) is 0 Å². The van der Waals surface area contributed by atoms with Crippen molar-refractivity contribution >= 4 is 11.8 Å². The molecule has 0 atom stereocenters. The summed E-state index contributed by atoms with van der Waals surface area (Å²) in [6.07, 6.45) is 4.76. The van der Waals surface area contributed by atoms with E-state index in [4.69, 9.17) is 4.52 Å². The molecule has 0 fully saturated rings. The average molecular weight is 273 g/mol. The Morgan fingerprint density at radius 2 is 2.11 bits per heavy atom. The molecule has 0 aliphatic heterocycles. The molecule has 0 radical (unpaired) electrons. The molecular formula is C16H19NOS. The predicted molar refractivity (Wildman–Crippen MR) is 79.3 cm³/mol. The summed E-state index contributed by atoms with van der Waals surface area (Å²) in [5.41, 5.74) is 5.29. The highest BCUT2D eigenvalue weighted by Crippen LogP contribution is 2.27. The molecule has 19 heavy (non-hydrogen) atoms. The Hall–Kier alpha value is -1.22. The molecule has 3 rings (SSSR count). The molecule has 3 heteroatoms. The number of fused-ring (bicyclic) bond motifs is 1. The van der Waals surface area contributed by atoms with E-state index in [9.17, 15) is 0 Å². The highest BCUT2D eigenvalue weighted by Gasteiger charge is 2.18. The van der Waals surface area contributed by atoms with Gasteiger partial charge < -0.3 is 4.52 Å². The van der Waals surface area contributed by atoms with Crippen molar-refractivity contribution in [2.75, 3.05) is 0 Å². The van der Waals surface area contributed by atoms with E-state index in [2.05, 4.69) is 36.3 Å². The van der Waals surface area contributed by atoms with E-state index in [1.807, 2.05) is 11.8 Å². The lowest BCUT2D eigenvalue weighted by molar-refractivity contribution is 0.369. The quantitative estimate of drug-likeness (QED) is 0.831. The molecule has 0 saturated carbocycles. The molecule has 2 nitrogen and oxygen atoms in total. The lowest BCUT2D eigenvalue weighted by Crippen LogP contribution is -2.01. The van der Waals surface area contributed by atoms with Crippen molar-refractivity contribution in [3.05, 3.63) is 52.4 Å². The van der Waals surface area contributed by atoms with Gasteiger partial charge >= 0.3 is 0 Å². The highest BCUT2D eigenvalue weighted by atomic mass is 32.2. The molecule has 0 unspecified atom stereocenters. The lowest BCUT2D eigenvalue weighted by atomic mass is 9.97. The normalized spacial score (nSPS) is 14.4. The highest BCUT2D eigenvalue weighted by molar-refractivity contribution is 7.97. The fourth-order valence-electron chi connectivity index (χ4n) is 2.63. The van der Waals surface area contributed by atoms with Gasteiger partial charge in [0.25, 0.3) is 0 Å².